The summed E-state index contributed by atoms with van der Waals surface area (Å²) in [5.41, 5.74) is 1.07. The smallest absolute Gasteiger partial charge is 0.254 e. The molecule has 3 atom stereocenters. The van der Waals surface area contributed by atoms with Crippen LogP contribution < -0.4 is 20.7 Å². The standard InChI is InChI=1S/C33H37N5O6/c1-21(35-31(41)27-15-9-17-38(27)33(43)22-10-4-3-5-11-22)30(40)34-20-29(39)37-16-8-14-26(37)32(42)36-24-18-23-12-6-7-13-25(23)28(19-24)44-2/h3-7,10-13,18-19,21,26-27H,8-9,14-17,20H2,1-2H3,(H,34,40)(H,35,41)(H,36,42). The lowest BCUT2D eigenvalue weighted by Crippen LogP contribution is -2.53. The lowest BCUT2D eigenvalue weighted by atomic mass is 10.1. The third-order valence-electron chi connectivity index (χ3n) is 8.19. The lowest BCUT2D eigenvalue weighted by molar-refractivity contribution is -0.137. The summed E-state index contributed by atoms with van der Waals surface area (Å²) in [5, 5.41) is 10.0. The van der Waals surface area contributed by atoms with Crippen LogP contribution in [0.2, 0.25) is 0 Å². The number of hydrogen-bond donors (Lipinski definition) is 3. The van der Waals surface area contributed by atoms with Crippen molar-refractivity contribution >= 4 is 46.0 Å². The molecule has 0 bridgehead atoms. The monoisotopic (exact) mass is 599 g/mol. The number of nitrogens with one attached hydrogen (secondary N) is 3. The van der Waals surface area contributed by atoms with Crippen molar-refractivity contribution in [3.05, 3.63) is 72.3 Å². The number of carbonyl (C=O) groups is 5. The number of amides is 5. The average molecular weight is 600 g/mol. The largest absolute Gasteiger partial charge is 0.496 e. The van der Waals surface area contributed by atoms with Crippen molar-refractivity contribution in [3.8, 4) is 5.75 Å². The first-order valence-electron chi connectivity index (χ1n) is 14.9. The fraction of sp³-hybridized carbons (Fsp3) is 0.364. The number of anilines is 1. The quantitative estimate of drug-likeness (QED) is 0.346. The molecule has 2 fully saturated rings. The van der Waals surface area contributed by atoms with Crippen molar-refractivity contribution in [2.75, 3.05) is 32.1 Å². The van der Waals surface area contributed by atoms with Gasteiger partial charge in [0.1, 0.15) is 23.9 Å². The van der Waals surface area contributed by atoms with Gasteiger partial charge in [-0.3, -0.25) is 24.0 Å². The van der Waals surface area contributed by atoms with Gasteiger partial charge in [-0.1, -0.05) is 42.5 Å². The van der Waals surface area contributed by atoms with Gasteiger partial charge in [0.25, 0.3) is 5.91 Å². The summed E-state index contributed by atoms with van der Waals surface area (Å²) in [6.07, 6.45) is 2.35. The summed E-state index contributed by atoms with van der Waals surface area (Å²) in [7, 11) is 1.57. The van der Waals surface area contributed by atoms with Gasteiger partial charge in [0.15, 0.2) is 0 Å². The van der Waals surface area contributed by atoms with Gasteiger partial charge >= 0.3 is 0 Å². The van der Waals surface area contributed by atoms with E-state index < -0.39 is 29.9 Å². The van der Waals surface area contributed by atoms with Crippen molar-refractivity contribution in [2.45, 2.75) is 50.7 Å². The second kappa shape index (κ2) is 13.6. The Balaban J connectivity index is 1.13. The summed E-state index contributed by atoms with van der Waals surface area (Å²) in [4.78, 5) is 68.1. The molecule has 11 heteroatoms. The van der Waals surface area contributed by atoms with E-state index in [0.29, 0.717) is 55.8 Å². The van der Waals surface area contributed by atoms with E-state index in [2.05, 4.69) is 16.0 Å². The third kappa shape index (κ3) is 6.66. The second-order valence-electron chi connectivity index (χ2n) is 11.1. The molecule has 0 spiro atoms. The van der Waals surface area contributed by atoms with Crippen LogP contribution in [0.1, 0.15) is 43.0 Å². The minimum absolute atomic E-state index is 0.227. The number of carbonyl (C=O) groups excluding carboxylic acids is 5. The summed E-state index contributed by atoms with van der Waals surface area (Å²) in [6.45, 7) is 2.07. The van der Waals surface area contributed by atoms with Gasteiger partial charge in [0.05, 0.1) is 13.7 Å². The Morgan fingerprint density at radius 2 is 1.52 bits per heavy atom. The molecule has 11 nitrogen and oxygen atoms in total. The number of nitrogens with zero attached hydrogens (tertiary/aromatic N) is 2. The fourth-order valence-electron chi connectivity index (χ4n) is 5.90. The number of hydrogen-bond acceptors (Lipinski definition) is 6. The maximum absolute atomic E-state index is 13.2. The maximum Gasteiger partial charge on any atom is 0.254 e. The van der Waals surface area contributed by atoms with Crippen molar-refractivity contribution in [1.82, 2.24) is 20.4 Å². The molecule has 3 aromatic rings. The van der Waals surface area contributed by atoms with Crippen LogP contribution in [0.5, 0.6) is 5.75 Å². The molecule has 2 aliphatic heterocycles. The molecule has 2 aliphatic rings. The van der Waals surface area contributed by atoms with E-state index in [1.165, 1.54) is 16.7 Å². The van der Waals surface area contributed by atoms with Gasteiger partial charge in [-0.15, -0.1) is 0 Å². The first-order chi connectivity index (χ1) is 21.3. The van der Waals surface area contributed by atoms with E-state index in [0.717, 1.165) is 10.8 Å². The highest BCUT2D eigenvalue weighted by Gasteiger charge is 2.36. The predicted octanol–water partition coefficient (Wildman–Crippen LogP) is 2.70. The van der Waals surface area contributed by atoms with E-state index in [1.54, 1.807) is 37.4 Å². The molecule has 0 aromatic heterocycles. The number of likely N-dealkylation sites (tertiary alicyclic amines) is 2. The zero-order valence-electron chi connectivity index (χ0n) is 24.9. The molecule has 2 saturated heterocycles. The first kappa shape index (κ1) is 30.5. The molecular weight excluding hydrogens is 562 g/mol. The van der Waals surface area contributed by atoms with Crippen LogP contribution in [0.25, 0.3) is 10.8 Å². The van der Waals surface area contributed by atoms with Gasteiger partial charge in [-0.05, 0) is 56.2 Å². The Hall–Kier alpha value is -4.93. The van der Waals surface area contributed by atoms with E-state index in [1.807, 2.05) is 36.4 Å². The molecule has 0 aliphatic carbocycles. The normalized spacial score (nSPS) is 18.5. The lowest BCUT2D eigenvalue weighted by Gasteiger charge is -2.26. The molecule has 2 heterocycles. The zero-order chi connectivity index (χ0) is 31.2. The van der Waals surface area contributed by atoms with Crippen molar-refractivity contribution < 1.29 is 28.7 Å². The molecular formula is C33H37N5O6. The Labute approximate surface area is 255 Å². The van der Waals surface area contributed by atoms with Crippen LogP contribution in [-0.4, -0.2) is 84.2 Å². The topological polar surface area (TPSA) is 137 Å². The van der Waals surface area contributed by atoms with Gasteiger partial charge in [0, 0.05) is 35.8 Å². The Morgan fingerprint density at radius 3 is 2.25 bits per heavy atom. The highest BCUT2D eigenvalue weighted by molar-refractivity contribution is 6.01. The molecule has 3 unspecified atom stereocenters. The van der Waals surface area contributed by atoms with Gasteiger partial charge < -0.3 is 30.5 Å². The highest BCUT2D eigenvalue weighted by Crippen LogP contribution is 2.30. The van der Waals surface area contributed by atoms with Gasteiger partial charge in [-0.25, -0.2) is 0 Å². The van der Waals surface area contributed by atoms with Crippen LogP contribution in [-0.2, 0) is 19.2 Å². The number of benzene rings is 3. The molecule has 3 N–H and O–H groups in total. The molecule has 44 heavy (non-hydrogen) atoms. The van der Waals surface area contributed by atoms with Crippen molar-refractivity contribution in [3.63, 3.8) is 0 Å². The third-order valence-corrected chi connectivity index (χ3v) is 8.19. The Kier molecular flexibility index (Phi) is 9.42. The summed E-state index contributed by atoms with van der Waals surface area (Å²) in [5.74, 6) is -1.25. The van der Waals surface area contributed by atoms with Crippen LogP contribution in [0.15, 0.2) is 66.7 Å². The molecule has 3 aromatic carbocycles. The van der Waals surface area contributed by atoms with Gasteiger partial charge in [-0.2, -0.15) is 0 Å². The van der Waals surface area contributed by atoms with Crippen LogP contribution >= 0.6 is 0 Å². The van der Waals surface area contributed by atoms with E-state index >= 15 is 0 Å². The van der Waals surface area contributed by atoms with Crippen molar-refractivity contribution in [2.24, 2.45) is 0 Å². The molecule has 0 radical (unpaired) electrons. The first-order valence-corrected chi connectivity index (χ1v) is 14.9. The highest BCUT2D eigenvalue weighted by atomic mass is 16.5. The number of methoxy groups -OCH3 is 1. The minimum Gasteiger partial charge on any atom is -0.496 e. The zero-order valence-corrected chi connectivity index (χ0v) is 24.9. The number of ether oxygens (including phenoxy) is 1. The van der Waals surface area contributed by atoms with Crippen LogP contribution in [0, 0.1) is 0 Å². The summed E-state index contributed by atoms with van der Waals surface area (Å²) < 4.78 is 5.50. The van der Waals surface area contributed by atoms with E-state index in [-0.39, 0.29) is 24.3 Å². The second-order valence-corrected chi connectivity index (χ2v) is 11.1. The molecule has 230 valence electrons. The number of rotatable bonds is 9. The maximum atomic E-state index is 13.2. The van der Waals surface area contributed by atoms with Gasteiger partial charge in [0.2, 0.25) is 23.6 Å². The summed E-state index contributed by atoms with van der Waals surface area (Å²) in [6, 6.07) is 17.8. The Morgan fingerprint density at radius 1 is 0.864 bits per heavy atom. The summed E-state index contributed by atoms with van der Waals surface area (Å²) >= 11 is 0. The molecule has 5 rings (SSSR count). The SMILES string of the molecule is COc1cc(NC(=O)C2CCCN2C(=O)CNC(=O)C(C)NC(=O)C2CCCN2C(=O)c2ccccc2)cc2ccccc12. The van der Waals surface area contributed by atoms with E-state index in [9.17, 15) is 24.0 Å². The predicted molar refractivity (Wildman–Crippen MR) is 165 cm³/mol. The molecule has 0 saturated carbocycles. The molecule has 5 amide bonds. The number of fused-ring (bicyclic) bond motifs is 1. The van der Waals surface area contributed by atoms with Crippen molar-refractivity contribution in [1.29, 1.82) is 0 Å². The van der Waals surface area contributed by atoms with Crippen LogP contribution in [0.3, 0.4) is 0 Å². The van der Waals surface area contributed by atoms with Crippen LogP contribution in [0.4, 0.5) is 5.69 Å². The average Bonchev–Trinajstić information content (AvgIpc) is 3.74. The fourth-order valence-corrected chi connectivity index (χ4v) is 5.90. The Bertz CT molecular complexity index is 1560. The minimum atomic E-state index is -0.926. The van der Waals surface area contributed by atoms with E-state index in [4.69, 9.17) is 4.74 Å².